The molecule has 6 heteroatoms. The lowest BCUT2D eigenvalue weighted by molar-refractivity contribution is 0.206. The molecule has 0 bridgehead atoms. The lowest BCUT2D eigenvalue weighted by Gasteiger charge is -2.27. The van der Waals surface area contributed by atoms with Gasteiger partial charge in [-0.05, 0) is 41.0 Å². The lowest BCUT2D eigenvalue weighted by atomic mass is 10.0. The lowest BCUT2D eigenvalue weighted by Crippen LogP contribution is -2.42. The van der Waals surface area contributed by atoms with Crippen LogP contribution in [0, 0.1) is 0 Å². The van der Waals surface area contributed by atoms with Gasteiger partial charge in [-0.2, -0.15) is 0 Å². The Kier molecular flexibility index (Phi) is 5.81. The number of urea groups is 1. The summed E-state index contributed by atoms with van der Waals surface area (Å²) in [7, 11) is 1.84. The fourth-order valence-corrected chi connectivity index (χ4v) is 4.36. The summed E-state index contributed by atoms with van der Waals surface area (Å²) in [5.74, 6) is 0. The Balaban J connectivity index is 1.48. The molecule has 6 nitrogen and oxygen atoms in total. The van der Waals surface area contributed by atoms with E-state index in [1.54, 1.807) is 11.2 Å². The standard InChI is InChI=1S/C27H27N5O/c1-30(25-10-6-3-7-11-25)27(33)32-15-14-31(19-24-17-28-20-29-24)26-13-12-22(16-23(26)18-32)21-8-4-2-5-9-21/h2-13,16-17,20H,14-15,18-19H2,1H3,(H,28,29). The fourth-order valence-electron chi connectivity index (χ4n) is 4.36. The second-order valence-electron chi connectivity index (χ2n) is 8.31. The van der Waals surface area contributed by atoms with E-state index in [9.17, 15) is 4.79 Å². The third kappa shape index (κ3) is 4.46. The predicted molar refractivity (Wildman–Crippen MR) is 132 cm³/mol. The molecular weight excluding hydrogens is 410 g/mol. The first-order valence-electron chi connectivity index (χ1n) is 11.2. The number of carbonyl (C=O) groups excluding carboxylic acids is 1. The van der Waals surface area contributed by atoms with Crippen molar-refractivity contribution in [2.24, 2.45) is 0 Å². The largest absolute Gasteiger partial charge is 0.364 e. The first-order valence-corrected chi connectivity index (χ1v) is 11.2. The Morgan fingerprint density at radius 2 is 1.73 bits per heavy atom. The van der Waals surface area contributed by atoms with Gasteiger partial charge in [0.15, 0.2) is 0 Å². The summed E-state index contributed by atoms with van der Waals surface area (Å²) < 4.78 is 0. The van der Waals surface area contributed by atoms with Crippen molar-refractivity contribution in [2.45, 2.75) is 13.1 Å². The molecule has 0 radical (unpaired) electrons. The monoisotopic (exact) mass is 437 g/mol. The highest BCUT2D eigenvalue weighted by molar-refractivity contribution is 5.91. The SMILES string of the molecule is CN(C(=O)N1CCN(Cc2cnc[nH]2)c2ccc(-c3ccccc3)cc2C1)c1ccccc1. The molecule has 1 aliphatic rings. The Labute approximate surface area is 194 Å². The van der Waals surface area contributed by atoms with E-state index in [4.69, 9.17) is 0 Å². The highest BCUT2D eigenvalue weighted by Gasteiger charge is 2.26. The molecule has 4 aromatic rings. The van der Waals surface area contributed by atoms with Crippen LogP contribution in [0.1, 0.15) is 11.3 Å². The van der Waals surface area contributed by atoms with Gasteiger partial charge in [-0.3, -0.25) is 4.90 Å². The minimum Gasteiger partial charge on any atom is -0.364 e. The van der Waals surface area contributed by atoms with Crippen LogP contribution in [0.3, 0.4) is 0 Å². The summed E-state index contributed by atoms with van der Waals surface area (Å²) >= 11 is 0. The van der Waals surface area contributed by atoms with E-state index in [1.165, 1.54) is 5.56 Å². The van der Waals surface area contributed by atoms with E-state index < -0.39 is 0 Å². The highest BCUT2D eigenvalue weighted by Crippen LogP contribution is 2.32. The van der Waals surface area contributed by atoms with Crippen molar-refractivity contribution in [3.63, 3.8) is 0 Å². The molecule has 2 amide bonds. The van der Waals surface area contributed by atoms with Gasteiger partial charge in [-0.15, -0.1) is 0 Å². The summed E-state index contributed by atoms with van der Waals surface area (Å²) in [6, 6.07) is 26.7. The number of hydrogen-bond acceptors (Lipinski definition) is 3. The maximum Gasteiger partial charge on any atom is 0.324 e. The topological polar surface area (TPSA) is 55.5 Å². The Bertz CT molecular complexity index is 1210. The number of aromatic amines is 1. The van der Waals surface area contributed by atoms with Gasteiger partial charge in [0, 0.05) is 44.3 Å². The number of amides is 2. The van der Waals surface area contributed by atoms with E-state index in [-0.39, 0.29) is 6.03 Å². The van der Waals surface area contributed by atoms with Gasteiger partial charge < -0.3 is 14.8 Å². The normalized spacial score (nSPS) is 13.4. The van der Waals surface area contributed by atoms with Crippen molar-refractivity contribution >= 4 is 17.4 Å². The van der Waals surface area contributed by atoms with Crippen LogP contribution in [0.15, 0.2) is 91.4 Å². The third-order valence-electron chi connectivity index (χ3n) is 6.15. The Morgan fingerprint density at radius 1 is 0.970 bits per heavy atom. The first kappa shape index (κ1) is 20.8. The van der Waals surface area contributed by atoms with Gasteiger partial charge in [0.05, 0.1) is 18.6 Å². The zero-order valence-electron chi connectivity index (χ0n) is 18.7. The molecule has 0 saturated heterocycles. The second-order valence-corrected chi connectivity index (χ2v) is 8.31. The summed E-state index contributed by atoms with van der Waals surface area (Å²) in [6.45, 7) is 2.66. The number of hydrogen-bond donors (Lipinski definition) is 1. The Morgan fingerprint density at radius 3 is 2.45 bits per heavy atom. The van der Waals surface area contributed by atoms with Gasteiger partial charge in [-0.25, -0.2) is 9.78 Å². The van der Waals surface area contributed by atoms with Gasteiger partial charge in [0.2, 0.25) is 0 Å². The van der Waals surface area contributed by atoms with Crippen molar-refractivity contribution in [1.82, 2.24) is 14.9 Å². The van der Waals surface area contributed by atoms with E-state index in [2.05, 4.69) is 57.3 Å². The summed E-state index contributed by atoms with van der Waals surface area (Å²) in [5.41, 5.74) is 6.56. The van der Waals surface area contributed by atoms with Crippen LogP contribution in [0.5, 0.6) is 0 Å². The van der Waals surface area contributed by atoms with Crippen molar-refractivity contribution < 1.29 is 4.79 Å². The number of benzene rings is 3. The van der Waals surface area contributed by atoms with Crippen LogP contribution in [0.4, 0.5) is 16.2 Å². The molecule has 0 fully saturated rings. The van der Waals surface area contributed by atoms with Crippen LogP contribution < -0.4 is 9.80 Å². The molecule has 0 atom stereocenters. The van der Waals surface area contributed by atoms with Crippen LogP contribution in [-0.4, -0.2) is 41.0 Å². The molecule has 0 saturated carbocycles. The number of aromatic nitrogens is 2. The fraction of sp³-hybridized carbons (Fsp3) is 0.185. The number of nitrogens with one attached hydrogen (secondary N) is 1. The van der Waals surface area contributed by atoms with Gasteiger partial charge >= 0.3 is 6.03 Å². The van der Waals surface area contributed by atoms with Crippen molar-refractivity contribution in [3.05, 3.63) is 103 Å². The zero-order valence-corrected chi connectivity index (χ0v) is 18.7. The van der Waals surface area contributed by atoms with E-state index in [0.717, 1.165) is 34.7 Å². The number of anilines is 2. The molecule has 1 N–H and O–H groups in total. The van der Waals surface area contributed by atoms with E-state index >= 15 is 0 Å². The molecular formula is C27H27N5O. The summed E-state index contributed by atoms with van der Waals surface area (Å²) in [5, 5.41) is 0. The molecule has 1 aliphatic heterocycles. The van der Waals surface area contributed by atoms with Crippen LogP contribution in [0.2, 0.25) is 0 Å². The molecule has 0 unspecified atom stereocenters. The zero-order chi connectivity index (χ0) is 22.6. The molecule has 33 heavy (non-hydrogen) atoms. The quantitative estimate of drug-likeness (QED) is 0.480. The Hall–Kier alpha value is -4.06. The maximum absolute atomic E-state index is 13.5. The smallest absolute Gasteiger partial charge is 0.324 e. The van der Waals surface area contributed by atoms with E-state index in [0.29, 0.717) is 19.6 Å². The van der Waals surface area contributed by atoms with Crippen molar-refractivity contribution in [3.8, 4) is 11.1 Å². The van der Waals surface area contributed by atoms with Gasteiger partial charge in [0.1, 0.15) is 0 Å². The number of rotatable bonds is 4. The highest BCUT2D eigenvalue weighted by atomic mass is 16.2. The molecule has 2 heterocycles. The molecule has 0 aliphatic carbocycles. The minimum atomic E-state index is 0.000606. The van der Waals surface area contributed by atoms with E-state index in [1.807, 2.05) is 54.5 Å². The average Bonchev–Trinajstić information content (AvgIpc) is 3.32. The second kappa shape index (κ2) is 9.20. The number of fused-ring (bicyclic) bond motifs is 1. The number of para-hydroxylation sites is 1. The molecule has 1 aromatic heterocycles. The molecule has 3 aromatic carbocycles. The summed E-state index contributed by atoms with van der Waals surface area (Å²) in [6.07, 6.45) is 3.56. The van der Waals surface area contributed by atoms with Crippen molar-refractivity contribution in [1.29, 1.82) is 0 Å². The molecule has 166 valence electrons. The number of carbonyl (C=O) groups is 1. The van der Waals surface area contributed by atoms with Crippen LogP contribution in [0.25, 0.3) is 11.1 Å². The number of nitrogens with zero attached hydrogens (tertiary/aromatic N) is 4. The maximum atomic E-state index is 13.5. The molecule has 0 spiro atoms. The minimum absolute atomic E-state index is 0.000606. The van der Waals surface area contributed by atoms with Crippen molar-refractivity contribution in [2.75, 3.05) is 29.9 Å². The first-order chi connectivity index (χ1) is 16.2. The van der Waals surface area contributed by atoms with Gasteiger partial charge in [0.25, 0.3) is 0 Å². The summed E-state index contributed by atoms with van der Waals surface area (Å²) in [4.78, 5) is 26.8. The van der Waals surface area contributed by atoms with Gasteiger partial charge in [-0.1, -0.05) is 54.6 Å². The third-order valence-corrected chi connectivity index (χ3v) is 6.15. The predicted octanol–water partition coefficient (Wildman–Crippen LogP) is 5.16. The van der Waals surface area contributed by atoms with Crippen LogP contribution >= 0.6 is 0 Å². The molecule has 5 rings (SSSR count). The number of H-pyrrole nitrogens is 1. The van der Waals surface area contributed by atoms with Crippen LogP contribution in [-0.2, 0) is 13.1 Å². The number of imidazole rings is 1. The average molecular weight is 438 g/mol.